The predicted molar refractivity (Wildman–Crippen MR) is 79.3 cm³/mol. The highest BCUT2D eigenvalue weighted by Crippen LogP contribution is 2.24. The molecule has 1 amide bonds. The van der Waals surface area contributed by atoms with Crippen LogP contribution in [-0.4, -0.2) is 35.3 Å². The number of carbonyl (C=O) groups is 1. The zero-order valence-electron chi connectivity index (χ0n) is 11.4. The van der Waals surface area contributed by atoms with Crippen LogP contribution < -0.4 is 0 Å². The van der Waals surface area contributed by atoms with Crippen LogP contribution in [0.5, 0.6) is 0 Å². The van der Waals surface area contributed by atoms with Gasteiger partial charge in [0.1, 0.15) is 6.10 Å². The molecule has 1 aliphatic rings. The minimum absolute atomic E-state index is 0.00855. The molecule has 0 spiro atoms. The van der Waals surface area contributed by atoms with Gasteiger partial charge in [-0.25, -0.2) is 0 Å². The number of nitrogens with zero attached hydrogens (tertiary/aromatic N) is 1. The van der Waals surface area contributed by atoms with Crippen molar-refractivity contribution in [1.29, 1.82) is 0 Å². The van der Waals surface area contributed by atoms with E-state index in [0.717, 1.165) is 5.56 Å². The zero-order chi connectivity index (χ0) is 13.8. The summed E-state index contributed by atoms with van der Waals surface area (Å²) in [6, 6.07) is 10.1. The molecule has 0 saturated carbocycles. The highest BCUT2D eigenvalue weighted by molar-refractivity contribution is 9.10. The van der Waals surface area contributed by atoms with E-state index in [-0.39, 0.29) is 16.8 Å². The lowest BCUT2D eigenvalue weighted by Gasteiger charge is -2.35. The number of hydrogen-bond donors (Lipinski definition) is 0. The van der Waals surface area contributed by atoms with Gasteiger partial charge in [0.15, 0.2) is 0 Å². The van der Waals surface area contributed by atoms with E-state index < -0.39 is 0 Å². The van der Waals surface area contributed by atoms with Crippen molar-refractivity contribution in [3.63, 3.8) is 0 Å². The van der Waals surface area contributed by atoms with E-state index in [1.165, 1.54) is 0 Å². The van der Waals surface area contributed by atoms with E-state index in [9.17, 15) is 4.79 Å². The molecule has 1 aliphatic heterocycles. The Morgan fingerprint density at radius 2 is 2.05 bits per heavy atom. The van der Waals surface area contributed by atoms with Crippen molar-refractivity contribution in [1.82, 2.24) is 4.90 Å². The number of rotatable bonds is 3. The van der Waals surface area contributed by atoms with E-state index in [1.54, 1.807) is 0 Å². The van der Waals surface area contributed by atoms with Crippen LogP contribution in [0.4, 0.5) is 0 Å². The molecule has 2 unspecified atom stereocenters. The van der Waals surface area contributed by atoms with E-state index in [2.05, 4.69) is 15.9 Å². The zero-order valence-corrected chi connectivity index (χ0v) is 13.0. The Bertz CT molecular complexity index is 421. The van der Waals surface area contributed by atoms with Gasteiger partial charge in [0.2, 0.25) is 5.91 Å². The number of halogens is 1. The van der Waals surface area contributed by atoms with Crippen molar-refractivity contribution in [2.75, 3.05) is 19.7 Å². The van der Waals surface area contributed by atoms with E-state index in [4.69, 9.17) is 4.74 Å². The Labute approximate surface area is 123 Å². The Hall–Kier alpha value is -0.870. The summed E-state index contributed by atoms with van der Waals surface area (Å²) >= 11 is 3.49. The molecule has 0 aromatic heterocycles. The van der Waals surface area contributed by atoms with Crippen LogP contribution in [0.1, 0.15) is 25.5 Å². The van der Waals surface area contributed by atoms with Gasteiger partial charge in [-0.1, -0.05) is 60.1 Å². The maximum atomic E-state index is 12.3. The molecule has 1 saturated heterocycles. The molecule has 0 bridgehead atoms. The Morgan fingerprint density at radius 3 is 2.68 bits per heavy atom. The molecule has 0 radical (unpaired) electrons. The third-order valence-electron chi connectivity index (χ3n) is 3.37. The molecule has 0 N–H and O–H groups in total. The second-order valence-electron chi connectivity index (χ2n) is 5.20. The number of ether oxygens (including phenoxy) is 1. The highest BCUT2D eigenvalue weighted by Gasteiger charge is 2.29. The summed E-state index contributed by atoms with van der Waals surface area (Å²) < 4.78 is 5.78. The van der Waals surface area contributed by atoms with Gasteiger partial charge in [0.25, 0.3) is 0 Å². The first kappa shape index (κ1) is 14.5. The molecular weight excluding hydrogens is 306 g/mol. The number of hydrogen-bond acceptors (Lipinski definition) is 2. The SMILES string of the molecule is CC(C)C(Br)C(=O)N1CCOC(c2ccccc2)C1. The van der Waals surface area contributed by atoms with Crippen molar-refractivity contribution in [3.05, 3.63) is 35.9 Å². The predicted octanol–water partition coefficient (Wildman–Crippen LogP) is 3.01. The normalized spacial score (nSPS) is 21.5. The number of benzene rings is 1. The summed E-state index contributed by atoms with van der Waals surface area (Å²) in [7, 11) is 0. The minimum Gasteiger partial charge on any atom is -0.370 e. The molecular formula is C15H20BrNO2. The van der Waals surface area contributed by atoms with Crippen molar-refractivity contribution < 1.29 is 9.53 Å². The van der Waals surface area contributed by atoms with Crippen molar-refractivity contribution in [2.45, 2.75) is 24.8 Å². The highest BCUT2D eigenvalue weighted by atomic mass is 79.9. The fraction of sp³-hybridized carbons (Fsp3) is 0.533. The summed E-state index contributed by atoms with van der Waals surface area (Å²) in [5.41, 5.74) is 1.13. The van der Waals surface area contributed by atoms with Crippen LogP contribution in [0.25, 0.3) is 0 Å². The van der Waals surface area contributed by atoms with Gasteiger partial charge in [-0.05, 0) is 11.5 Å². The largest absolute Gasteiger partial charge is 0.370 e. The first-order valence-electron chi connectivity index (χ1n) is 6.69. The van der Waals surface area contributed by atoms with Gasteiger partial charge in [-0.15, -0.1) is 0 Å². The third-order valence-corrected chi connectivity index (χ3v) is 4.82. The Morgan fingerprint density at radius 1 is 1.37 bits per heavy atom. The molecule has 2 atom stereocenters. The minimum atomic E-state index is -0.109. The average Bonchev–Trinajstić information content (AvgIpc) is 2.46. The lowest BCUT2D eigenvalue weighted by atomic mass is 10.1. The Kier molecular flexibility index (Phi) is 4.99. The maximum absolute atomic E-state index is 12.3. The first-order valence-corrected chi connectivity index (χ1v) is 7.60. The molecule has 4 heteroatoms. The van der Waals surface area contributed by atoms with Crippen molar-refractivity contribution >= 4 is 21.8 Å². The lowest BCUT2D eigenvalue weighted by Crippen LogP contribution is -2.46. The fourth-order valence-electron chi connectivity index (χ4n) is 2.18. The van der Waals surface area contributed by atoms with Gasteiger partial charge in [-0.2, -0.15) is 0 Å². The maximum Gasteiger partial charge on any atom is 0.236 e. The summed E-state index contributed by atoms with van der Waals surface area (Å²) in [6.07, 6.45) is -0.00855. The van der Waals surface area contributed by atoms with Crippen LogP contribution in [0.2, 0.25) is 0 Å². The molecule has 19 heavy (non-hydrogen) atoms. The van der Waals surface area contributed by atoms with Crippen molar-refractivity contribution in [2.24, 2.45) is 5.92 Å². The van der Waals surface area contributed by atoms with E-state index in [0.29, 0.717) is 25.6 Å². The number of carbonyl (C=O) groups excluding carboxylic acids is 1. The topological polar surface area (TPSA) is 29.5 Å². The molecule has 1 aromatic rings. The van der Waals surface area contributed by atoms with Crippen LogP contribution >= 0.6 is 15.9 Å². The summed E-state index contributed by atoms with van der Waals surface area (Å²) in [5, 5.41) is 0. The molecule has 1 heterocycles. The third kappa shape index (κ3) is 3.57. The summed E-state index contributed by atoms with van der Waals surface area (Å²) in [4.78, 5) is 14.1. The second kappa shape index (κ2) is 6.53. The molecule has 0 aliphatic carbocycles. The fourth-order valence-corrected chi connectivity index (χ4v) is 2.47. The van der Waals surface area contributed by atoms with Crippen molar-refractivity contribution in [3.8, 4) is 0 Å². The second-order valence-corrected chi connectivity index (χ2v) is 6.19. The van der Waals surface area contributed by atoms with Gasteiger partial charge in [-0.3, -0.25) is 4.79 Å². The van der Waals surface area contributed by atoms with Gasteiger partial charge < -0.3 is 9.64 Å². The quantitative estimate of drug-likeness (QED) is 0.799. The first-order chi connectivity index (χ1) is 9.09. The van der Waals surface area contributed by atoms with Crippen LogP contribution in [-0.2, 0) is 9.53 Å². The number of morpholine rings is 1. The van der Waals surface area contributed by atoms with E-state index >= 15 is 0 Å². The average molecular weight is 326 g/mol. The molecule has 3 nitrogen and oxygen atoms in total. The van der Waals surface area contributed by atoms with Crippen LogP contribution in [0.3, 0.4) is 0 Å². The molecule has 1 aromatic carbocycles. The standard InChI is InChI=1S/C15H20BrNO2/c1-11(2)14(16)15(18)17-8-9-19-13(10-17)12-6-4-3-5-7-12/h3-7,11,13-14H,8-10H2,1-2H3. The number of amides is 1. The Balaban J connectivity index is 2.03. The van der Waals surface area contributed by atoms with Crippen LogP contribution in [0.15, 0.2) is 30.3 Å². The molecule has 104 valence electrons. The van der Waals surface area contributed by atoms with Crippen LogP contribution in [0, 0.1) is 5.92 Å². The molecule has 2 rings (SSSR count). The molecule has 1 fully saturated rings. The van der Waals surface area contributed by atoms with Gasteiger partial charge in [0.05, 0.1) is 18.0 Å². The summed E-state index contributed by atoms with van der Waals surface area (Å²) in [6.45, 7) is 6.01. The van der Waals surface area contributed by atoms with E-state index in [1.807, 2.05) is 49.1 Å². The van der Waals surface area contributed by atoms with Gasteiger partial charge >= 0.3 is 0 Å². The number of alkyl halides is 1. The monoisotopic (exact) mass is 325 g/mol. The van der Waals surface area contributed by atoms with Gasteiger partial charge in [0, 0.05) is 6.54 Å². The summed E-state index contributed by atoms with van der Waals surface area (Å²) in [5.74, 6) is 0.463. The lowest BCUT2D eigenvalue weighted by molar-refractivity contribution is -0.139. The smallest absolute Gasteiger partial charge is 0.236 e.